The number of hydrogen-bond acceptors (Lipinski definition) is 2. The van der Waals surface area contributed by atoms with E-state index in [1.165, 1.54) is 50.5 Å². The molecule has 116 valence electrons. The summed E-state index contributed by atoms with van der Waals surface area (Å²) < 4.78 is 5.70. The van der Waals surface area contributed by atoms with E-state index in [0.29, 0.717) is 0 Å². The predicted octanol–water partition coefficient (Wildman–Crippen LogP) is 4.05. The third-order valence-corrected chi connectivity index (χ3v) is 4.85. The predicted molar refractivity (Wildman–Crippen MR) is 87.8 cm³/mol. The molecule has 2 aliphatic carbocycles. The maximum Gasteiger partial charge on any atom is 0.0591 e. The Morgan fingerprint density at radius 1 is 0.905 bits per heavy atom. The highest BCUT2D eigenvalue weighted by Gasteiger charge is 2.19. The third-order valence-electron chi connectivity index (χ3n) is 4.85. The Balaban J connectivity index is 1.33. The summed E-state index contributed by atoms with van der Waals surface area (Å²) >= 11 is 0. The van der Waals surface area contributed by atoms with Gasteiger partial charge in [0.1, 0.15) is 0 Å². The highest BCUT2D eigenvalue weighted by atomic mass is 16.5. The molecule has 1 aromatic rings. The van der Waals surface area contributed by atoms with Gasteiger partial charge in [-0.2, -0.15) is 0 Å². The van der Waals surface area contributed by atoms with E-state index in [2.05, 4.69) is 29.6 Å². The second-order valence-electron chi connectivity index (χ2n) is 6.67. The van der Waals surface area contributed by atoms with Gasteiger partial charge in [-0.05, 0) is 49.1 Å². The van der Waals surface area contributed by atoms with Crippen LogP contribution in [0.5, 0.6) is 0 Å². The zero-order valence-electron chi connectivity index (χ0n) is 13.2. The third kappa shape index (κ3) is 5.12. The van der Waals surface area contributed by atoms with Crippen molar-refractivity contribution in [3.8, 4) is 0 Å². The van der Waals surface area contributed by atoms with Crippen molar-refractivity contribution >= 4 is 0 Å². The lowest BCUT2D eigenvalue weighted by atomic mass is 9.84. The standard InChI is InChI=1S/C19H29NO/c1-2-4-17(5-3-1)18-8-6-16(7-9-18)12-14-21-15-13-20-19-10-11-19/h6-9,17,19-20H,1-5,10-15H2. The molecule has 2 nitrogen and oxygen atoms in total. The quantitative estimate of drug-likeness (QED) is 0.728. The summed E-state index contributed by atoms with van der Waals surface area (Å²) in [6, 6.07) is 10.1. The van der Waals surface area contributed by atoms with Gasteiger partial charge in [-0.15, -0.1) is 0 Å². The molecule has 2 heteroatoms. The lowest BCUT2D eigenvalue weighted by Crippen LogP contribution is -2.22. The van der Waals surface area contributed by atoms with Crippen LogP contribution in [0.15, 0.2) is 24.3 Å². The van der Waals surface area contributed by atoms with E-state index < -0.39 is 0 Å². The summed E-state index contributed by atoms with van der Waals surface area (Å²) in [4.78, 5) is 0. The molecule has 0 amide bonds. The maximum absolute atomic E-state index is 5.70. The van der Waals surface area contributed by atoms with E-state index in [-0.39, 0.29) is 0 Å². The second-order valence-corrected chi connectivity index (χ2v) is 6.67. The van der Waals surface area contributed by atoms with Gasteiger partial charge in [0.15, 0.2) is 0 Å². The van der Waals surface area contributed by atoms with E-state index in [9.17, 15) is 0 Å². The minimum atomic E-state index is 0.793. The molecule has 0 radical (unpaired) electrons. The van der Waals surface area contributed by atoms with Gasteiger partial charge < -0.3 is 10.1 Å². The average Bonchev–Trinajstić information content (AvgIpc) is 3.36. The summed E-state index contributed by atoms with van der Waals surface area (Å²) in [7, 11) is 0. The van der Waals surface area contributed by atoms with E-state index in [4.69, 9.17) is 4.74 Å². The van der Waals surface area contributed by atoms with Gasteiger partial charge in [-0.25, -0.2) is 0 Å². The molecule has 0 aromatic heterocycles. The van der Waals surface area contributed by atoms with Crippen molar-refractivity contribution in [1.82, 2.24) is 5.32 Å². The molecule has 0 aliphatic heterocycles. The van der Waals surface area contributed by atoms with Crippen molar-refractivity contribution in [3.05, 3.63) is 35.4 Å². The molecule has 0 heterocycles. The summed E-state index contributed by atoms with van der Waals surface area (Å²) in [5.74, 6) is 0.817. The lowest BCUT2D eigenvalue weighted by Gasteiger charge is -2.22. The Morgan fingerprint density at radius 3 is 2.38 bits per heavy atom. The number of hydrogen-bond donors (Lipinski definition) is 1. The maximum atomic E-state index is 5.70. The second kappa shape index (κ2) is 7.95. The van der Waals surface area contributed by atoms with E-state index >= 15 is 0 Å². The van der Waals surface area contributed by atoms with Crippen LogP contribution in [0.25, 0.3) is 0 Å². The Hall–Kier alpha value is -0.860. The van der Waals surface area contributed by atoms with Crippen molar-refractivity contribution in [3.63, 3.8) is 0 Å². The molecule has 1 aromatic carbocycles. The Kier molecular flexibility index (Phi) is 5.70. The largest absolute Gasteiger partial charge is 0.380 e. The van der Waals surface area contributed by atoms with Crippen LogP contribution in [0.3, 0.4) is 0 Å². The molecule has 2 saturated carbocycles. The minimum Gasteiger partial charge on any atom is -0.380 e. The highest BCUT2D eigenvalue weighted by molar-refractivity contribution is 5.25. The van der Waals surface area contributed by atoms with Crippen molar-refractivity contribution < 1.29 is 4.74 Å². The first-order valence-electron chi connectivity index (χ1n) is 8.82. The number of ether oxygens (including phenoxy) is 1. The topological polar surface area (TPSA) is 21.3 Å². The van der Waals surface area contributed by atoms with Crippen molar-refractivity contribution in [2.75, 3.05) is 19.8 Å². The van der Waals surface area contributed by atoms with Crippen LogP contribution in [-0.4, -0.2) is 25.8 Å². The van der Waals surface area contributed by atoms with Crippen molar-refractivity contribution in [2.45, 2.75) is 63.3 Å². The molecule has 3 rings (SSSR count). The molecule has 21 heavy (non-hydrogen) atoms. The van der Waals surface area contributed by atoms with Gasteiger partial charge >= 0.3 is 0 Å². The van der Waals surface area contributed by atoms with Crippen molar-refractivity contribution in [1.29, 1.82) is 0 Å². The van der Waals surface area contributed by atoms with Gasteiger partial charge in [-0.1, -0.05) is 43.5 Å². The van der Waals surface area contributed by atoms with E-state index in [0.717, 1.165) is 38.1 Å². The van der Waals surface area contributed by atoms with Gasteiger partial charge in [0.05, 0.1) is 13.2 Å². The SMILES string of the molecule is c1cc(C2CCCCC2)ccc1CCOCCNC1CC1. The fraction of sp³-hybridized carbons (Fsp3) is 0.684. The molecule has 0 bridgehead atoms. The first-order valence-corrected chi connectivity index (χ1v) is 8.82. The zero-order valence-corrected chi connectivity index (χ0v) is 13.2. The summed E-state index contributed by atoms with van der Waals surface area (Å²) in [6.07, 6.45) is 10.8. The molecule has 2 aliphatic rings. The fourth-order valence-corrected chi connectivity index (χ4v) is 3.31. The number of benzene rings is 1. The van der Waals surface area contributed by atoms with Crippen LogP contribution in [0.2, 0.25) is 0 Å². The van der Waals surface area contributed by atoms with Crippen LogP contribution in [-0.2, 0) is 11.2 Å². The summed E-state index contributed by atoms with van der Waals surface area (Å²) in [6.45, 7) is 2.69. The number of rotatable bonds is 8. The van der Waals surface area contributed by atoms with Gasteiger partial charge in [-0.3, -0.25) is 0 Å². The lowest BCUT2D eigenvalue weighted by molar-refractivity contribution is 0.138. The van der Waals surface area contributed by atoms with Crippen LogP contribution < -0.4 is 5.32 Å². The van der Waals surface area contributed by atoms with Gasteiger partial charge in [0.25, 0.3) is 0 Å². The summed E-state index contributed by atoms with van der Waals surface area (Å²) in [5, 5.41) is 3.47. The normalized spacial score (nSPS) is 19.8. The van der Waals surface area contributed by atoms with Gasteiger partial charge in [0, 0.05) is 12.6 Å². The van der Waals surface area contributed by atoms with Crippen LogP contribution in [0.4, 0.5) is 0 Å². The first kappa shape index (κ1) is 15.1. The van der Waals surface area contributed by atoms with E-state index in [1.54, 1.807) is 5.56 Å². The Labute approximate surface area is 129 Å². The summed E-state index contributed by atoms with van der Waals surface area (Å²) in [5.41, 5.74) is 2.96. The van der Waals surface area contributed by atoms with Crippen molar-refractivity contribution in [2.24, 2.45) is 0 Å². The molecule has 0 unspecified atom stereocenters. The monoisotopic (exact) mass is 287 g/mol. The molecular formula is C19H29NO. The molecule has 0 saturated heterocycles. The zero-order chi connectivity index (χ0) is 14.3. The average molecular weight is 287 g/mol. The molecule has 2 fully saturated rings. The highest BCUT2D eigenvalue weighted by Crippen LogP contribution is 2.32. The molecule has 1 N–H and O–H groups in total. The number of nitrogens with one attached hydrogen (secondary N) is 1. The Morgan fingerprint density at radius 2 is 1.67 bits per heavy atom. The van der Waals surface area contributed by atoms with Crippen LogP contribution in [0, 0.1) is 0 Å². The van der Waals surface area contributed by atoms with Gasteiger partial charge in [0.2, 0.25) is 0 Å². The molecule has 0 spiro atoms. The first-order chi connectivity index (χ1) is 10.4. The molecule has 0 atom stereocenters. The Bertz CT molecular complexity index is 404. The molecular weight excluding hydrogens is 258 g/mol. The fourth-order valence-electron chi connectivity index (χ4n) is 3.31. The smallest absolute Gasteiger partial charge is 0.0591 e. The minimum absolute atomic E-state index is 0.793. The van der Waals surface area contributed by atoms with Crippen LogP contribution >= 0.6 is 0 Å². The van der Waals surface area contributed by atoms with E-state index in [1.807, 2.05) is 0 Å². The van der Waals surface area contributed by atoms with Crippen LogP contribution in [0.1, 0.15) is 62.0 Å².